The maximum absolute atomic E-state index is 14.0. The Morgan fingerprint density at radius 2 is 1.78 bits per heavy atom. The van der Waals surface area contributed by atoms with E-state index in [-0.39, 0.29) is 36.6 Å². The van der Waals surface area contributed by atoms with Gasteiger partial charge in [0.1, 0.15) is 11.6 Å². The number of hydrogen-bond donors (Lipinski definition) is 2. The summed E-state index contributed by atoms with van der Waals surface area (Å²) in [4.78, 5) is 4.28. The normalized spacial score (nSPS) is 13.0. The molecular weight excluding hydrogens is 364 g/mol. The van der Waals surface area contributed by atoms with Crippen LogP contribution in [0.3, 0.4) is 0 Å². The van der Waals surface area contributed by atoms with Crippen LogP contribution in [0, 0.1) is 11.7 Å². The third kappa shape index (κ3) is 6.48. The van der Waals surface area contributed by atoms with Crippen LogP contribution >= 0.6 is 0 Å². The molecule has 2 N–H and O–H groups in total. The molecule has 8 heteroatoms. The van der Waals surface area contributed by atoms with Crippen molar-refractivity contribution in [3.8, 4) is 17.0 Å². The number of rotatable bonds is 8. The second-order valence-electron chi connectivity index (χ2n) is 6.47. The van der Waals surface area contributed by atoms with E-state index >= 15 is 0 Å². The number of aliphatic hydroxyl groups excluding tert-OH is 1. The number of alkyl halides is 3. The van der Waals surface area contributed by atoms with Gasteiger partial charge in [0.05, 0.1) is 18.0 Å². The Labute approximate surface area is 155 Å². The van der Waals surface area contributed by atoms with E-state index in [0.717, 1.165) is 0 Å². The lowest BCUT2D eigenvalue weighted by Crippen LogP contribution is -2.36. The molecule has 0 fully saturated rings. The quantitative estimate of drug-likeness (QED) is 0.675. The van der Waals surface area contributed by atoms with Crippen molar-refractivity contribution < 1.29 is 27.4 Å². The first kappa shape index (κ1) is 21.1. The van der Waals surface area contributed by atoms with Gasteiger partial charge in [0.15, 0.2) is 6.61 Å². The fourth-order valence-corrected chi connectivity index (χ4v) is 2.40. The number of hydrogen-bond acceptors (Lipinski definition) is 4. The van der Waals surface area contributed by atoms with Crippen LogP contribution in [-0.2, 0) is 6.54 Å². The van der Waals surface area contributed by atoms with Crippen molar-refractivity contribution in [3.63, 3.8) is 0 Å². The number of pyridine rings is 1. The Balaban J connectivity index is 2.10. The predicted octanol–water partition coefficient (Wildman–Crippen LogP) is 3.94. The van der Waals surface area contributed by atoms with Gasteiger partial charge in [0, 0.05) is 18.2 Å². The van der Waals surface area contributed by atoms with E-state index in [1.165, 1.54) is 24.3 Å². The van der Waals surface area contributed by atoms with Crippen LogP contribution in [0.15, 0.2) is 36.4 Å². The minimum atomic E-state index is -4.40. The maximum atomic E-state index is 14.0. The van der Waals surface area contributed by atoms with E-state index in [2.05, 4.69) is 15.0 Å². The lowest BCUT2D eigenvalue weighted by atomic mass is 10.1. The highest BCUT2D eigenvalue weighted by molar-refractivity contribution is 5.60. The highest BCUT2D eigenvalue weighted by Gasteiger charge is 2.28. The summed E-state index contributed by atoms with van der Waals surface area (Å²) in [5.41, 5.74) is 1.31. The summed E-state index contributed by atoms with van der Waals surface area (Å²) in [6, 6.07) is 8.55. The number of benzene rings is 1. The van der Waals surface area contributed by atoms with Gasteiger partial charge in [0.2, 0.25) is 0 Å². The number of halogens is 4. The monoisotopic (exact) mass is 386 g/mol. The van der Waals surface area contributed by atoms with Crippen molar-refractivity contribution in [2.24, 2.45) is 5.92 Å². The predicted molar refractivity (Wildman–Crippen MR) is 93.7 cm³/mol. The zero-order valence-corrected chi connectivity index (χ0v) is 15.1. The average Bonchev–Trinajstić information content (AvgIpc) is 2.61. The van der Waals surface area contributed by atoms with E-state index in [0.29, 0.717) is 11.3 Å². The van der Waals surface area contributed by atoms with Crippen LogP contribution in [0.2, 0.25) is 0 Å². The summed E-state index contributed by atoms with van der Waals surface area (Å²) in [5.74, 6) is -0.217. The molecule has 2 rings (SSSR count). The highest BCUT2D eigenvalue weighted by atomic mass is 19.4. The van der Waals surface area contributed by atoms with Crippen LogP contribution in [-0.4, -0.2) is 35.5 Å². The van der Waals surface area contributed by atoms with Crippen LogP contribution in [0.25, 0.3) is 11.3 Å². The Morgan fingerprint density at radius 1 is 1.11 bits per heavy atom. The van der Waals surface area contributed by atoms with Crippen LogP contribution in [0.5, 0.6) is 5.75 Å². The second-order valence-corrected chi connectivity index (χ2v) is 6.47. The van der Waals surface area contributed by atoms with Crippen LogP contribution in [0.1, 0.15) is 19.5 Å². The SMILES string of the molecule is CC(C)[C@H](CO)NCc1nc(-c2ccc(OCC(F)(F)F)cc2)ccc1F. The molecule has 27 heavy (non-hydrogen) atoms. The summed E-state index contributed by atoms with van der Waals surface area (Å²) in [5, 5.41) is 12.4. The van der Waals surface area contributed by atoms with E-state index in [1.54, 1.807) is 12.1 Å². The molecule has 0 saturated heterocycles. The van der Waals surface area contributed by atoms with E-state index in [9.17, 15) is 22.7 Å². The summed E-state index contributed by atoms with van der Waals surface area (Å²) in [6.45, 7) is 2.60. The number of aromatic nitrogens is 1. The molecule has 4 nitrogen and oxygen atoms in total. The molecule has 0 bridgehead atoms. The standard InChI is InChI=1S/C19H22F4N2O2/c1-12(2)18(10-26)24-9-17-15(20)7-8-16(25-17)13-3-5-14(6-4-13)27-11-19(21,22)23/h3-8,12,18,24,26H,9-11H2,1-2H3/t18-/m0/s1. The lowest BCUT2D eigenvalue weighted by Gasteiger charge is -2.20. The van der Waals surface area contributed by atoms with Gasteiger partial charge in [-0.05, 0) is 42.3 Å². The largest absolute Gasteiger partial charge is 0.484 e. The lowest BCUT2D eigenvalue weighted by molar-refractivity contribution is -0.153. The van der Waals surface area contributed by atoms with Gasteiger partial charge >= 0.3 is 6.18 Å². The van der Waals surface area contributed by atoms with Gasteiger partial charge in [-0.25, -0.2) is 9.37 Å². The molecule has 148 valence electrons. The molecule has 0 amide bonds. The third-order valence-corrected chi connectivity index (χ3v) is 4.00. The first-order valence-corrected chi connectivity index (χ1v) is 8.49. The Hall–Kier alpha value is -2.19. The van der Waals surface area contributed by atoms with Gasteiger partial charge in [-0.2, -0.15) is 13.2 Å². The Morgan fingerprint density at radius 3 is 2.33 bits per heavy atom. The zero-order valence-electron chi connectivity index (χ0n) is 15.1. The van der Waals surface area contributed by atoms with Crippen molar-refractivity contribution in [2.75, 3.05) is 13.2 Å². The molecule has 0 radical (unpaired) electrons. The summed E-state index contributed by atoms with van der Waals surface area (Å²) < 4.78 is 55.2. The molecule has 0 unspecified atom stereocenters. The molecule has 2 aromatic rings. The summed E-state index contributed by atoms with van der Waals surface area (Å²) in [6.07, 6.45) is -4.40. The summed E-state index contributed by atoms with van der Waals surface area (Å²) >= 11 is 0. The van der Waals surface area contributed by atoms with Crippen molar-refractivity contribution in [3.05, 3.63) is 47.9 Å². The van der Waals surface area contributed by atoms with Crippen molar-refractivity contribution in [1.82, 2.24) is 10.3 Å². The minimum Gasteiger partial charge on any atom is -0.484 e. The molecule has 0 spiro atoms. The molecule has 0 aliphatic rings. The molecule has 1 aromatic heterocycles. The molecular formula is C19H22F4N2O2. The molecule has 0 aliphatic carbocycles. The first-order valence-electron chi connectivity index (χ1n) is 8.49. The van der Waals surface area contributed by atoms with Gasteiger partial charge in [-0.1, -0.05) is 13.8 Å². The fourth-order valence-electron chi connectivity index (χ4n) is 2.40. The molecule has 1 aromatic carbocycles. The van der Waals surface area contributed by atoms with Gasteiger partial charge < -0.3 is 15.2 Å². The topological polar surface area (TPSA) is 54.4 Å². The Bertz CT molecular complexity index is 733. The smallest absolute Gasteiger partial charge is 0.422 e. The van der Waals surface area contributed by atoms with E-state index < -0.39 is 18.6 Å². The number of aliphatic hydroxyl groups is 1. The van der Waals surface area contributed by atoms with E-state index in [4.69, 9.17) is 0 Å². The number of ether oxygens (including phenoxy) is 1. The second kappa shape index (κ2) is 9.14. The van der Waals surface area contributed by atoms with Crippen LogP contribution < -0.4 is 10.1 Å². The van der Waals surface area contributed by atoms with Crippen molar-refractivity contribution >= 4 is 0 Å². The van der Waals surface area contributed by atoms with Crippen molar-refractivity contribution in [1.29, 1.82) is 0 Å². The van der Waals surface area contributed by atoms with Gasteiger partial charge in [0.25, 0.3) is 0 Å². The fraction of sp³-hybridized carbons (Fsp3) is 0.421. The number of nitrogens with one attached hydrogen (secondary N) is 1. The molecule has 1 heterocycles. The van der Waals surface area contributed by atoms with Gasteiger partial charge in [-0.15, -0.1) is 0 Å². The van der Waals surface area contributed by atoms with Gasteiger partial charge in [-0.3, -0.25) is 0 Å². The molecule has 0 aliphatic heterocycles. The third-order valence-electron chi connectivity index (χ3n) is 4.00. The molecule has 0 saturated carbocycles. The molecule has 1 atom stereocenters. The average molecular weight is 386 g/mol. The van der Waals surface area contributed by atoms with E-state index in [1.807, 2.05) is 13.8 Å². The Kier molecular flexibility index (Phi) is 7.15. The number of nitrogens with zero attached hydrogens (tertiary/aromatic N) is 1. The van der Waals surface area contributed by atoms with Crippen molar-refractivity contribution in [2.45, 2.75) is 32.6 Å². The highest BCUT2D eigenvalue weighted by Crippen LogP contribution is 2.24. The maximum Gasteiger partial charge on any atom is 0.422 e. The van der Waals surface area contributed by atoms with Crippen LogP contribution in [0.4, 0.5) is 17.6 Å². The zero-order chi connectivity index (χ0) is 20.0. The first-order chi connectivity index (χ1) is 12.7. The summed E-state index contributed by atoms with van der Waals surface area (Å²) in [7, 11) is 0. The minimum absolute atomic E-state index is 0.0711.